The summed E-state index contributed by atoms with van der Waals surface area (Å²) in [5, 5.41) is 4.07. The monoisotopic (exact) mass is 353 g/mol. The van der Waals surface area contributed by atoms with Crippen LogP contribution in [0, 0.1) is 0 Å². The molecular weight excluding hydrogens is 334 g/mol. The SMILES string of the molecule is O=S(=O)(c1ccc2nc(Nc3ccccc3)ccc2c1)N1CCCC1. The number of aromatic nitrogens is 1. The van der Waals surface area contributed by atoms with E-state index in [0.717, 1.165) is 35.2 Å². The van der Waals surface area contributed by atoms with E-state index in [9.17, 15) is 8.42 Å². The Labute approximate surface area is 147 Å². The summed E-state index contributed by atoms with van der Waals surface area (Å²) in [6.45, 7) is 1.22. The second kappa shape index (κ2) is 6.46. The van der Waals surface area contributed by atoms with Crippen LogP contribution in [-0.2, 0) is 10.0 Å². The van der Waals surface area contributed by atoms with Gasteiger partial charge in [-0.25, -0.2) is 13.4 Å². The maximum Gasteiger partial charge on any atom is 0.243 e. The molecule has 4 rings (SSSR count). The largest absolute Gasteiger partial charge is 0.340 e. The molecule has 2 aromatic carbocycles. The first-order valence-electron chi connectivity index (χ1n) is 8.36. The molecule has 0 spiro atoms. The first-order chi connectivity index (χ1) is 12.1. The predicted molar refractivity (Wildman–Crippen MR) is 99.5 cm³/mol. The van der Waals surface area contributed by atoms with E-state index in [4.69, 9.17) is 0 Å². The van der Waals surface area contributed by atoms with Crippen LogP contribution < -0.4 is 5.32 Å². The molecule has 1 saturated heterocycles. The third-order valence-electron chi connectivity index (χ3n) is 4.41. The summed E-state index contributed by atoms with van der Waals surface area (Å²) in [5.74, 6) is 0.730. The summed E-state index contributed by atoms with van der Waals surface area (Å²) < 4.78 is 26.9. The molecule has 25 heavy (non-hydrogen) atoms. The topological polar surface area (TPSA) is 62.3 Å². The summed E-state index contributed by atoms with van der Waals surface area (Å²) in [4.78, 5) is 4.91. The molecule has 0 bridgehead atoms. The predicted octanol–water partition coefficient (Wildman–Crippen LogP) is 3.76. The van der Waals surface area contributed by atoms with Crippen molar-refractivity contribution >= 4 is 32.4 Å². The Morgan fingerprint density at radius 2 is 1.68 bits per heavy atom. The fourth-order valence-electron chi connectivity index (χ4n) is 3.08. The summed E-state index contributed by atoms with van der Waals surface area (Å²) >= 11 is 0. The third kappa shape index (κ3) is 3.23. The number of anilines is 2. The Morgan fingerprint density at radius 3 is 2.44 bits per heavy atom. The van der Waals surface area contributed by atoms with Crippen molar-refractivity contribution in [3.8, 4) is 0 Å². The minimum atomic E-state index is -3.40. The first-order valence-corrected chi connectivity index (χ1v) is 9.80. The summed E-state index contributed by atoms with van der Waals surface area (Å²) in [7, 11) is -3.40. The van der Waals surface area contributed by atoms with Gasteiger partial charge in [-0.15, -0.1) is 0 Å². The van der Waals surface area contributed by atoms with Crippen LogP contribution in [0.25, 0.3) is 10.9 Å². The van der Waals surface area contributed by atoms with Gasteiger partial charge in [-0.2, -0.15) is 4.31 Å². The van der Waals surface area contributed by atoms with Gasteiger partial charge >= 0.3 is 0 Å². The molecule has 1 aliphatic heterocycles. The van der Waals surface area contributed by atoms with Gasteiger partial charge in [0.2, 0.25) is 10.0 Å². The van der Waals surface area contributed by atoms with E-state index < -0.39 is 10.0 Å². The van der Waals surface area contributed by atoms with E-state index >= 15 is 0 Å². The molecule has 0 atom stereocenters. The van der Waals surface area contributed by atoms with Crippen LogP contribution in [0.2, 0.25) is 0 Å². The molecule has 128 valence electrons. The summed E-state index contributed by atoms with van der Waals surface area (Å²) in [5.41, 5.74) is 1.73. The number of nitrogens with zero attached hydrogens (tertiary/aromatic N) is 2. The molecule has 1 aliphatic rings. The molecule has 1 N–H and O–H groups in total. The van der Waals surface area contributed by atoms with Gasteiger partial charge in [0.05, 0.1) is 10.4 Å². The van der Waals surface area contributed by atoms with E-state index in [0.29, 0.717) is 18.0 Å². The normalized spacial score (nSPS) is 15.5. The molecule has 1 aromatic heterocycles. The Morgan fingerprint density at radius 1 is 0.920 bits per heavy atom. The summed E-state index contributed by atoms with van der Waals surface area (Å²) in [6.07, 6.45) is 1.87. The van der Waals surface area contributed by atoms with Crippen molar-refractivity contribution in [1.82, 2.24) is 9.29 Å². The van der Waals surface area contributed by atoms with Crippen molar-refractivity contribution in [2.45, 2.75) is 17.7 Å². The lowest BCUT2D eigenvalue weighted by atomic mass is 10.2. The third-order valence-corrected chi connectivity index (χ3v) is 6.30. The fraction of sp³-hybridized carbons (Fsp3) is 0.211. The number of pyridine rings is 1. The minimum absolute atomic E-state index is 0.340. The maximum atomic E-state index is 12.7. The highest BCUT2D eigenvalue weighted by molar-refractivity contribution is 7.89. The second-order valence-corrected chi connectivity index (χ2v) is 8.09. The molecule has 0 aliphatic carbocycles. The molecule has 0 unspecified atom stereocenters. The van der Waals surface area contributed by atoms with Gasteiger partial charge in [-0.05, 0) is 55.3 Å². The number of hydrogen-bond donors (Lipinski definition) is 1. The zero-order chi connectivity index (χ0) is 17.3. The highest BCUT2D eigenvalue weighted by Gasteiger charge is 2.27. The van der Waals surface area contributed by atoms with Crippen molar-refractivity contribution < 1.29 is 8.42 Å². The molecule has 0 saturated carbocycles. The first kappa shape index (κ1) is 16.1. The molecule has 0 radical (unpaired) electrons. The lowest BCUT2D eigenvalue weighted by Crippen LogP contribution is -2.27. The quantitative estimate of drug-likeness (QED) is 0.776. The zero-order valence-electron chi connectivity index (χ0n) is 13.7. The zero-order valence-corrected chi connectivity index (χ0v) is 14.5. The smallest absolute Gasteiger partial charge is 0.243 e. The van der Waals surface area contributed by atoms with Gasteiger partial charge < -0.3 is 5.32 Å². The molecular formula is C19H19N3O2S. The van der Waals surface area contributed by atoms with E-state index in [2.05, 4.69) is 10.3 Å². The molecule has 5 nitrogen and oxygen atoms in total. The molecule has 0 amide bonds. The van der Waals surface area contributed by atoms with Crippen molar-refractivity contribution in [2.75, 3.05) is 18.4 Å². The number of fused-ring (bicyclic) bond motifs is 1. The average Bonchev–Trinajstić information content (AvgIpc) is 3.18. The van der Waals surface area contributed by atoms with Gasteiger partial charge in [0.1, 0.15) is 5.82 Å². The number of rotatable bonds is 4. The molecule has 2 heterocycles. The number of nitrogens with one attached hydrogen (secondary N) is 1. The van der Waals surface area contributed by atoms with Crippen LogP contribution in [0.15, 0.2) is 65.6 Å². The highest BCUT2D eigenvalue weighted by atomic mass is 32.2. The van der Waals surface area contributed by atoms with Crippen LogP contribution in [0.3, 0.4) is 0 Å². The van der Waals surface area contributed by atoms with Gasteiger partial charge in [0, 0.05) is 24.2 Å². The van der Waals surface area contributed by atoms with Crippen molar-refractivity contribution in [3.05, 3.63) is 60.7 Å². The van der Waals surface area contributed by atoms with Crippen LogP contribution in [-0.4, -0.2) is 30.8 Å². The van der Waals surface area contributed by atoms with E-state index in [1.807, 2.05) is 42.5 Å². The van der Waals surface area contributed by atoms with E-state index in [1.54, 1.807) is 22.5 Å². The highest BCUT2D eigenvalue weighted by Crippen LogP contribution is 2.25. The molecule has 1 fully saturated rings. The van der Waals surface area contributed by atoms with Crippen LogP contribution in [0.5, 0.6) is 0 Å². The average molecular weight is 353 g/mol. The van der Waals surface area contributed by atoms with Crippen LogP contribution in [0.1, 0.15) is 12.8 Å². The van der Waals surface area contributed by atoms with Crippen molar-refractivity contribution in [2.24, 2.45) is 0 Å². The van der Waals surface area contributed by atoms with Crippen LogP contribution >= 0.6 is 0 Å². The van der Waals surface area contributed by atoms with Gasteiger partial charge in [0.25, 0.3) is 0 Å². The Hall–Kier alpha value is -2.44. The van der Waals surface area contributed by atoms with Crippen molar-refractivity contribution in [3.63, 3.8) is 0 Å². The van der Waals surface area contributed by atoms with Crippen LogP contribution in [0.4, 0.5) is 11.5 Å². The second-order valence-electron chi connectivity index (χ2n) is 6.15. The molecule has 3 aromatic rings. The van der Waals surface area contributed by atoms with Crippen molar-refractivity contribution in [1.29, 1.82) is 0 Å². The summed E-state index contributed by atoms with van der Waals surface area (Å²) in [6, 6.07) is 18.7. The fourth-order valence-corrected chi connectivity index (χ4v) is 4.63. The minimum Gasteiger partial charge on any atom is -0.340 e. The Kier molecular flexibility index (Phi) is 4.15. The number of para-hydroxylation sites is 1. The Bertz CT molecular complexity index is 998. The van der Waals surface area contributed by atoms with E-state index in [-0.39, 0.29) is 0 Å². The lowest BCUT2D eigenvalue weighted by Gasteiger charge is -2.15. The van der Waals surface area contributed by atoms with Gasteiger partial charge in [0.15, 0.2) is 0 Å². The number of benzene rings is 2. The van der Waals surface area contributed by atoms with E-state index in [1.165, 1.54) is 0 Å². The number of hydrogen-bond acceptors (Lipinski definition) is 4. The van der Waals surface area contributed by atoms with Gasteiger partial charge in [-0.3, -0.25) is 0 Å². The standard InChI is InChI=1S/C19H19N3O2S/c23-25(24,22-12-4-5-13-22)17-9-10-18-15(14-17)8-11-19(21-18)20-16-6-2-1-3-7-16/h1-3,6-11,14H,4-5,12-13H2,(H,20,21). The lowest BCUT2D eigenvalue weighted by molar-refractivity contribution is 0.477. The molecule has 6 heteroatoms. The Balaban J connectivity index is 1.65. The number of sulfonamides is 1. The van der Waals surface area contributed by atoms with Gasteiger partial charge in [-0.1, -0.05) is 18.2 Å². The maximum absolute atomic E-state index is 12.7.